The van der Waals surface area contributed by atoms with Crippen molar-refractivity contribution in [3.8, 4) is 0 Å². The fourth-order valence-electron chi connectivity index (χ4n) is 4.33. The predicted octanol–water partition coefficient (Wildman–Crippen LogP) is 3.03. The summed E-state index contributed by atoms with van der Waals surface area (Å²) >= 11 is 0. The average Bonchev–Trinajstić information content (AvgIpc) is 2.88. The zero-order valence-corrected chi connectivity index (χ0v) is 20.9. The van der Waals surface area contributed by atoms with E-state index in [1.807, 2.05) is 0 Å². The fourth-order valence-corrected chi connectivity index (χ4v) is 7.27. The van der Waals surface area contributed by atoms with Crippen molar-refractivity contribution in [1.29, 1.82) is 0 Å². The molecule has 2 fully saturated rings. The zero-order valence-electron chi connectivity index (χ0n) is 19.3. The summed E-state index contributed by atoms with van der Waals surface area (Å²) in [6.45, 7) is 0.810. The Bertz CT molecular complexity index is 1320. The molecule has 2 aliphatic rings. The SMILES string of the molecule is O=C(c1cccc(C(F)(F)F)c1)N1CCN(S(=O)(=O)c2ccc(S(=O)(=O)N3CCCCC3)cc2)CC1. The van der Waals surface area contributed by atoms with Crippen molar-refractivity contribution < 1.29 is 34.8 Å². The summed E-state index contributed by atoms with van der Waals surface area (Å²) in [7, 11) is -7.65. The number of piperidine rings is 1. The van der Waals surface area contributed by atoms with E-state index in [0.29, 0.717) is 13.1 Å². The van der Waals surface area contributed by atoms with Gasteiger partial charge < -0.3 is 4.90 Å². The first kappa shape index (κ1) is 26.6. The third-order valence-electron chi connectivity index (χ3n) is 6.38. The van der Waals surface area contributed by atoms with E-state index in [0.717, 1.165) is 37.5 Å². The summed E-state index contributed by atoms with van der Waals surface area (Å²) < 4.78 is 93.3. The largest absolute Gasteiger partial charge is 0.416 e. The van der Waals surface area contributed by atoms with Crippen molar-refractivity contribution in [2.24, 2.45) is 0 Å². The maximum absolute atomic E-state index is 13.1. The third-order valence-corrected chi connectivity index (χ3v) is 10.2. The van der Waals surface area contributed by atoms with Crippen LogP contribution in [-0.2, 0) is 26.2 Å². The van der Waals surface area contributed by atoms with Crippen molar-refractivity contribution in [2.75, 3.05) is 39.3 Å². The van der Waals surface area contributed by atoms with Gasteiger partial charge in [-0.15, -0.1) is 0 Å². The zero-order chi connectivity index (χ0) is 26.1. The number of piperazine rings is 1. The van der Waals surface area contributed by atoms with Gasteiger partial charge in [-0.25, -0.2) is 16.8 Å². The van der Waals surface area contributed by atoms with Crippen LogP contribution in [0.3, 0.4) is 0 Å². The number of carbonyl (C=O) groups is 1. The van der Waals surface area contributed by atoms with Gasteiger partial charge in [0.15, 0.2) is 0 Å². The number of hydrogen-bond donors (Lipinski definition) is 0. The molecule has 0 saturated carbocycles. The molecule has 8 nitrogen and oxygen atoms in total. The summed E-state index contributed by atoms with van der Waals surface area (Å²) in [5.41, 5.74) is -1.05. The number of benzene rings is 2. The number of halogens is 3. The van der Waals surface area contributed by atoms with Crippen LogP contribution in [0.4, 0.5) is 13.2 Å². The van der Waals surface area contributed by atoms with Crippen LogP contribution in [0, 0.1) is 0 Å². The number of sulfonamides is 2. The van der Waals surface area contributed by atoms with Crippen LogP contribution in [0.5, 0.6) is 0 Å². The molecular formula is C23H26F3N3O5S2. The van der Waals surface area contributed by atoms with Gasteiger partial charge in [0, 0.05) is 44.8 Å². The molecule has 0 unspecified atom stereocenters. The highest BCUT2D eigenvalue weighted by Gasteiger charge is 2.34. The minimum atomic E-state index is -4.58. The third kappa shape index (κ3) is 5.43. The van der Waals surface area contributed by atoms with E-state index < -0.39 is 37.7 Å². The molecule has 0 N–H and O–H groups in total. The summed E-state index contributed by atoms with van der Waals surface area (Å²) in [5, 5.41) is 0. The molecule has 196 valence electrons. The van der Waals surface area contributed by atoms with Crippen molar-refractivity contribution in [3.63, 3.8) is 0 Å². The molecule has 0 atom stereocenters. The number of carbonyl (C=O) groups excluding carboxylic acids is 1. The van der Waals surface area contributed by atoms with Gasteiger partial charge in [0.1, 0.15) is 0 Å². The molecule has 2 aromatic carbocycles. The van der Waals surface area contributed by atoms with E-state index in [4.69, 9.17) is 0 Å². The monoisotopic (exact) mass is 545 g/mol. The van der Waals surface area contributed by atoms with E-state index in [9.17, 15) is 34.8 Å². The van der Waals surface area contributed by atoms with Crippen molar-refractivity contribution in [1.82, 2.24) is 13.5 Å². The van der Waals surface area contributed by atoms with Gasteiger partial charge in [-0.3, -0.25) is 4.79 Å². The number of alkyl halides is 3. The van der Waals surface area contributed by atoms with Crippen LogP contribution >= 0.6 is 0 Å². The van der Waals surface area contributed by atoms with Gasteiger partial charge >= 0.3 is 6.18 Å². The second-order valence-corrected chi connectivity index (χ2v) is 12.6. The van der Waals surface area contributed by atoms with Gasteiger partial charge in [-0.05, 0) is 55.3 Å². The lowest BCUT2D eigenvalue weighted by atomic mass is 10.1. The molecule has 2 aromatic rings. The first-order valence-electron chi connectivity index (χ1n) is 11.5. The second-order valence-electron chi connectivity index (χ2n) is 8.71. The lowest BCUT2D eigenvalue weighted by Crippen LogP contribution is -2.50. The molecule has 4 rings (SSSR count). The van der Waals surface area contributed by atoms with Crippen LogP contribution < -0.4 is 0 Å². The van der Waals surface area contributed by atoms with Gasteiger partial charge in [0.25, 0.3) is 5.91 Å². The van der Waals surface area contributed by atoms with Crippen LogP contribution in [-0.4, -0.2) is 75.5 Å². The van der Waals surface area contributed by atoms with Crippen LogP contribution in [0.15, 0.2) is 58.3 Å². The van der Waals surface area contributed by atoms with E-state index in [-0.39, 0.29) is 41.5 Å². The fraction of sp³-hybridized carbons (Fsp3) is 0.435. The Labute approximate surface area is 208 Å². The molecule has 2 heterocycles. The summed E-state index contributed by atoms with van der Waals surface area (Å²) in [6.07, 6.45) is -2.03. The van der Waals surface area contributed by atoms with E-state index in [1.165, 1.54) is 43.8 Å². The molecule has 0 aromatic heterocycles. The second kappa shape index (κ2) is 10.1. The van der Waals surface area contributed by atoms with Gasteiger partial charge in [0.05, 0.1) is 15.4 Å². The van der Waals surface area contributed by atoms with Crippen molar-refractivity contribution in [3.05, 3.63) is 59.7 Å². The Hall–Kier alpha value is -2.48. The predicted molar refractivity (Wildman–Crippen MR) is 125 cm³/mol. The van der Waals surface area contributed by atoms with E-state index >= 15 is 0 Å². The molecule has 2 saturated heterocycles. The standard InChI is InChI=1S/C23H26F3N3O5S2/c24-23(25,26)19-6-4-5-18(17-19)22(30)27-13-15-29(16-14-27)36(33,34)21-9-7-20(8-10-21)35(31,32)28-11-2-1-3-12-28/h4-10,17H,1-3,11-16H2. The lowest BCUT2D eigenvalue weighted by molar-refractivity contribution is -0.137. The topological polar surface area (TPSA) is 95.1 Å². The van der Waals surface area contributed by atoms with Crippen LogP contribution in [0.2, 0.25) is 0 Å². The molecule has 1 amide bonds. The smallest absolute Gasteiger partial charge is 0.336 e. The highest BCUT2D eigenvalue weighted by molar-refractivity contribution is 7.89. The van der Waals surface area contributed by atoms with Crippen LogP contribution in [0.25, 0.3) is 0 Å². The maximum atomic E-state index is 13.1. The first-order chi connectivity index (χ1) is 16.9. The molecule has 2 aliphatic heterocycles. The van der Waals surface area contributed by atoms with E-state index in [2.05, 4.69) is 0 Å². The number of nitrogens with zero attached hydrogens (tertiary/aromatic N) is 3. The summed E-state index contributed by atoms with van der Waals surface area (Å²) in [4.78, 5) is 14.0. The average molecular weight is 546 g/mol. The normalized spacial score (nSPS) is 18.8. The first-order valence-corrected chi connectivity index (χ1v) is 14.4. The Balaban J connectivity index is 1.42. The van der Waals surface area contributed by atoms with Crippen molar-refractivity contribution in [2.45, 2.75) is 35.2 Å². The highest BCUT2D eigenvalue weighted by atomic mass is 32.2. The molecule has 0 spiro atoms. The molecular weight excluding hydrogens is 519 g/mol. The minimum absolute atomic E-state index is 0.00965. The lowest BCUT2D eigenvalue weighted by Gasteiger charge is -2.34. The quantitative estimate of drug-likeness (QED) is 0.576. The van der Waals surface area contributed by atoms with Gasteiger partial charge in [-0.1, -0.05) is 12.5 Å². The number of amides is 1. The molecule has 0 bridgehead atoms. The number of hydrogen-bond acceptors (Lipinski definition) is 5. The Morgan fingerprint density at radius 3 is 1.69 bits per heavy atom. The Morgan fingerprint density at radius 1 is 0.694 bits per heavy atom. The van der Waals surface area contributed by atoms with Crippen LogP contribution in [0.1, 0.15) is 35.2 Å². The Morgan fingerprint density at radius 2 is 1.19 bits per heavy atom. The van der Waals surface area contributed by atoms with Gasteiger partial charge in [0.2, 0.25) is 20.0 Å². The molecule has 0 radical (unpaired) electrons. The molecule has 0 aliphatic carbocycles. The molecule has 13 heteroatoms. The minimum Gasteiger partial charge on any atom is -0.336 e. The number of rotatable bonds is 5. The highest BCUT2D eigenvalue weighted by Crippen LogP contribution is 2.30. The maximum Gasteiger partial charge on any atom is 0.416 e. The Kier molecular flexibility index (Phi) is 7.47. The summed E-state index contributed by atoms with van der Waals surface area (Å²) in [6, 6.07) is 9.19. The van der Waals surface area contributed by atoms with Crippen molar-refractivity contribution >= 4 is 26.0 Å². The van der Waals surface area contributed by atoms with Gasteiger partial charge in [-0.2, -0.15) is 21.8 Å². The summed E-state index contributed by atoms with van der Waals surface area (Å²) in [5.74, 6) is -0.606. The van der Waals surface area contributed by atoms with E-state index in [1.54, 1.807) is 0 Å². The molecule has 36 heavy (non-hydrogen) atoms.